The standard InChI is InChI=1S/C18H16O4/c1-11(2)7-8-21-12-9-14(19)17-16(10-12)22-15-6-4-3-5-13(15)18(17)20/h3-7,9-10,19H,8H2,1-2H3. The van der Waals surface area contributed by atoms with Crippen LogP contribution in [0.25, 0.3) is 21.9 Å². The Morgan fingerprint density at radius 1 is 1.23 bits per heavy atom. The van der Waals surface area contributed by atoms with Gasteiger partial charge in [-0.25, -0.2) is 0 Å². The summed E-state index contributed by atoms with van der Waals surface area (Å²) in [6.07, 6.45) is 1.93. The number of para-hydroxylation sites is 1. The van der Waals surface area contributed by atoms with E-state index < -0.39 is 0 Å². The minimum absolute atomic E-state index is 0.135. The zero-order valence-electron chi connectivity index (χ0n) is 12.4. The van der Waals surface area contributed by atoms with Crippen molar-refractivity contribution in [2.24, 2.45) is 0 Å². The first-order valence-electron chi connectivity index (χ1n) is 7.01. The summed E-state index contributed by atoms with van der Waals surface area (Å²) in [6, 6.07) is 10.0. The van der Waals surface area contributed by atoms with Crippen LogP contribution in [0.1, 0.15) is 13.8 Å². The van der Waals surface area contributed by atoms with Gasteiger partial charge in [-0.05, 0) is 32.1 Å². The van der Waals surface area contributed by atoms with Gasteiger partial charge in [0.2, 0.25) is 5.43 Å². The molecule has 0 saturated heterocycles. The zero-order valence-corrected chi connectivity index (χ0v) is 12.4. The van der Waals surface area contributed by atoms with E-state index in [9.17, 15) is 9.90 Å². The second kappa shape index (κ2) is 5.56. The van der Waals surface area contributed by atoms with E-state index in [1.165, 1.54) is 6.07 Å². The predicted molar refractivity (Wildman–Crippen MR) is 86.6 cm³/mol. The zero-order chi connectivity index (χ0) is 15.7. The third kappa shape index (κ3) is 2.55. The van der Waals surface area contributed by atoms with Crippen molar-refractivity contribution in [3.05, 3.63) is 58.3 Å². The number of rotatable bonds is 3. The summed E-state index contributed by atoms with van der Waals surface area (Å²) >= 11 is 0. The highest BCUT2D eigenvalue weighted by atomic mass is 16.5. The van der Waals surface area contributed by atoms with Gasteiger partial charge in [0, 0.05) is 12.1 Å². The van der Waals surface area contributed by atoms with Gasteiger partial charge in [0.15, 0.2) is 0 Å². The molecule has 0 saturated carbocycles. The molecule has 22 heavy (non-hydrogen) atoms. The fraction of sp³-hybridized carbons (Fsp3) is 0.167. The molecule has 0 fully saturated rings. The van der Waals surface area contributed by atoms with E-state index >= 15 is 0 Å². The van der Waals surface area contributed by atoms with Crippen molar-refractivity contribution in [2.45, 2.75) is 13.8 Å². The number of phenolic OH excluding ortho intramolecular Hbond substituents is 1. The third-order valence-corrected chi connectivity index (χ3v) is 3.38. The van der Waals surface area contributed by atoms with Gasteiger partial charge >= 0.3 is 0 Å². The number of allylic oxidation sites excluding steroid dienone is 1. The summed E-state index contributed by atoms with van der Waals surface area (Å²) in [7, 11) is 0. The average molecular weight is 296 g/mol. The predicted octanol–water partition coefficient (Wildman–Crippen LogP) is 4.00. The Morgan fingerprint density at radius 2 is 2.00 bits per heavy atom. The van der Waals surface area contributed by atoms with Crippen molar-refractivity contribution in [1.29, 1.82) is 0 Å². The van der Waals surface area contributed by atoms with Crippen molar-refractivity contribution in [2.75, 3.05) is 6.61 Å². The first-order chi connectivity index (χ1) is 10.6. The number of ether oxygens (including phenoxy) is 1. The largest absolute Gasteiger partial charge is 0.507 e. The Balaban J connectivity index is 2.15. The Kier molecular flexibility index (Phi) is 3.59. The third-order valence-electron chi connectivity index (χ3n) is 3.38. The van der Waals surface area contributed by atoms with Crippen LogP contribution in [0.5, 0.6) is 11.5 Å². The van der Waals surface area contributed by atoms with Gasteiger partial charge in [-0.15, -0.1) is 0 Å². The Morgan fingerprint density at radius 3 is 2.77 bits per heavy atom. The van der Waals surface area contributed by atoms with E-state index in [0.29, 0.717) is 28.9 Å². The van der Waals surface area contributed by atoms with Crippen LogP contribution in [0, 0.1) is 0 Å². The Hall–Kier alpha value is -2.75. The molecule has 0 bridgehead atoms. The lowest BCUT2D eigenvalue weighted by Crippen LogP contribution is -2.03. The molecule has 1 heterocycles. The summed E-state index contributed by atoms with van der Waals surface area (Å²) in [5, 5.41) is 10.8. The second-order valence-electron chi connectivity index (χ2n) is 5.34. The number of benzene rings is 2. The SMILES string of the molecule is CC(C)=CCOc1cc(O)c2c(=O)c3ccccc3oc2c1. The summed E-state index contributed by atoms with van der Waals surface area (Å²) in [6.45, 7) is 4.35. The first kappa shape index (κ1) is 14.2. The fourth-order valence-electron chi connectivity index (χ4n) is 2.27. The molecule has 2 aromatic carbocycles. The smallest absolute Gasteiger partial charge is 0.204 e. The highest BCUT2D eigenvalue weighted by Crippen LogP contribution is 2.30. The molecule has 0 radical (unpaired) electrons. The molecule has 0 spiro atoms. The molecule has 4 heteroatoms. The molecule has 0 aliphatic carbocycles. The van der Waals surface area contributed by atoms with Crippen molar-refractivity contribution >= 4 is 21.9 Å². The highest BCUT2D eigenvalue weighted by molar-refractivity contribution is 5.93. The molecule has 3 rings (SSSR count). The molecule has 112 valence electrons. The fourth-order valence-corrected chi connectivity index (χ4v) is 2.27. The topological polar surface area (TPSA) is 59.7 Å². The summed E-state index contributed by atoms with van der Waals surface area (Å²) in [5.74, 6) is 0.324. The molecular formula is C18H16O4. The van der Waals surface area contributed by atoms with E-state index in [1.54, 1.807) is 30.3 Å². The van der Waals surface area contributed by atoms with E-state index in [0.717, 1.165) is 5.57 Å². The molecular weight excluding hydrogens is 280 g/mol. The van der Waals surface area contributed by atoms with E-state index in [2.05, 4.69) is 0 Å². The Bertz CT molecular complexity index is 931. The lowest BCUT2D eigenvalue weighted by molar-refractivity contribution is 0.359. The van der Waals surface area contributed by atoms with Gasteiger partial charge in [-0.1, -0.05) is 17.7 Å². The minimum Gasteiger partial charge on any atom is -0.507 e. The molecule has 0 aliphatic rings. The van der Waals surface area contributed by atoms with Crippen LogP contribution in [-0.4, -0.2) is 11.7 Å². The maximum atomic E-state index is 12.5. The Labute approximate surface area is 127 Å². The van der Waals surface area contributed by atoms with Crippen LogP contribution in [0.3, 0.4) is 0 Å². The average Bonchev–Trinajstić information content (AvgIpc) is 2.46. The molecule has 0 atom stereocenters. The number of hydrogen-bond donors (Lipinski definition) is 1. The van der Waals surface area contributed by atoms with Gasteiger partial charge in [-0.3, -0.25) is 4.79 Å². The van der Waals surface area contributed by atoms with Crippen LogP contribution in [-0.2, 0) is 0 Å². The van der Waals surface area contributed by atoms with Gasteiger partial charge in [0.05, 0.1) is 5.39 Å². The van der Waals surface area contributed by atoms with E-state index in [-0.39, 0.29) is 16.6 Å². The molecule has 4 nitrogen and oxygen atoms in total. The maximum Gasteiger partial charge on any atom is 0.204 e. The molecule has 0 amide bonds. The number of hydrogen-bond acceptors (Lipinski definition) is 4. The monoisotopic (exact) mass is 296 g/mol. The van der Waals surface area contributed by atoms with Gasteiger partial charge in [0.25, 0.3) is 0 Å². The van der Waals surface area contributed by atoms with Gasteiger partial charge in [0.1, 0.15) is 34.7 Å². The highest BCUT2D eigenvalue weighted by Gasteiger charge is 2.13. The summed E-state index contributed by atoms with van der Waals surface area (Å²) < 4.78 is 11.3. The van der Waals surface area contributed by atoms with Crippen molar-refractivity contribution in [1.82, 2.24) is 0 Å². The minimum atomic E-state index is -0.245. The van der Waals surface area contributed by atoms with Crippen LogP contribution in [0.2, 0.25) is 0 Å². The summed E-state index contributed by atoms with van der Waals surface area (Å²) in [5.41, 5.74) is 1.70. The first-order valence-corrected chi connectivity index (χ1v) is 7.01. The van der Waals surface area contributed by atoms with E-state index in [1.807, 2.05) is 19.9 Å². The van der Waals surface area contributed by atoms with Gasteiger partial charge in [-0.2, -0.15) is 0 Å². The second-order valence-corrected chi connectivity index (χ2v) is 5.34. The lowest BCUT2D eigenvalue weighted by Gasteiger charge is -2.07. The van der Waals surface area contributed by atoms with Crippen LogP contribution >= 0.6 is 0 Å². The normalized spacial score (nSPS) is 10.8. The molecule has 3 aromatic rings. The molecule has 0 unspecified atom stereocenters. The number of fused-ring (bicyclic) bond motifs is 2. The quantitative estimate of drug-likeness (QED) is 0.586. The van der Waals surface area contributed by atoms with Crippen molar-refractivity contribution < 1.29 is 14.3 Å². The molecule has 1 N–H and O–H groups in total. The molecule has 0 aliphatic heterocycles. The van der Waals surface area contributed by atoms with Crippen molar-refractivity contribution in [3.8, 4) is 11.5 Å². The molecule has 1 aromatic heterocycles. The van der Waals surface area contributed by atoms with Crippen LogP contribution in [0.4, 0.5) is 0 Å². The number of phenols is 1. The van der Waals surface area contributed by atoms with E-state index in [4.69, 9.17) is 9.15 Å². The summed E-state index contributed by atoms with van der Waals surface area (Å²) in [4.78, 5) is 12.5. The van der Waals surface area contributed by atoms with Crippen LogP contribution < -0.4 is 10.2 Å². The number of aromatic hydroxyl groups is 1. The van der Waals surface area contributed by atoms with Gasteiger partial charge < -0.3 is 14.3 Å². The lowest BCUT2D eigenvalue weighted by atomic mass is 10.1. The van der Waals surface area contributed by atoms with Crippen molar-refractivity contribution in [3.63, 3.8) is 0 Å². The van der Waals surface area contributed by atoms with Crippen LogP contribution in [0.15, 0.2) is 57.3 Å². The maximum absolute atomic E-state index is 12.5.